The Hall–Kier alpha value is -3.39. The van der Waals surface area contributed by atoms with Gasteiger partial charge in [0.25, 0.3) is 5.56 Å². The monoisotopic (exact) mass is 422 g/mol. The van der Waals surface area contributed by atoms with E-state index < -0.39 is 0 Å². The Labute approximate surface area is 177 Å². The molecule has 0 aliphatic carbocycles. The fourth-order valence-electron chi connectivity index (χ4n) is 2.87. The summed E-state index contributed by atoms with van der Waals surface area (Å²) in [6, 6.07) is 16.7. The second-order valence-electron chi connectivity index (χ2n) is 6.51. The van der Waals surface area contributed by atoms with Crippen LogP contribution in [0.5, 0.6) is 17.2 Å². The quantitative estimate of drug-likeness (QED) is 0.450. The molecule has 2 aromatic carbocycles. The molecule has 30 heavy (non-hydrogen) atoms. The highest BCUT2D eigenvalue weighted by molar-refractivity contribution is 7.16. The highest BCUT2D eigenvalue weighted by Crippen LogP contribution is 2.25. The Bertz CT molecular complexity index is 1180. The molecule has 0 saturated carbocycles. The standard InChI is InChI=1S/C22H22N4O3S/c1-3-20-25-26-21(27)13-16(24-22(26)30-20)14-23-15-5-7-18(8-6-15)29-19-11-9-17(10-12-19)28-4-2/h5-13,23H,3-4,14H2,1-2H3. The molecule has 0 saturated heterocycles. The summed E-state index contributed by atoms with van der Waals surface area (Å²) in [5.74, 6) is 2.30. The summed E-state index contributed by atoms with van der Waals surface area (Å²) in [4.78, 5) is 17.4. The van der Waals surface area contributed by atoms with Crippen LogP contribution in [-0.4, -0.2) is 21.2 Å². The van der Waals surface area contributed by atoms with Gasteiger partial charge in [-0.05, 0) is 61.9 Å². The zero-order valence-electron chi connectivity index (χ0n) is 16.8. The van der Waals surface area contributed by atoms with Crippen LogP contribution >= 0.6 is 11.3 Å². The second-order valence-corrected chi connectivity index (χ2v) is 7.55. The second kappa shape index (κ2) is 8.96. The Kier molecular flexibility index (Phi) is 5.94. The van der Waals surface area contributed by atoms with Crippen LogP contribution in [0.3, 0.4) is 0 Å². The van der Waals surface area contributed by atoms with Crippen LogP contribution in [0.15, 0.2) is 59.4 Å². The number of aryl methyl sites for hydroxylation is 1. The summed E-state index contributed by atoms with van der Waals surface area (Å²) in [5.41, 5.74) is 1.43. The van der Waals surface area contributed by atoms with E-state index in [2.05, 4.69) is 15.4 Å². The van der Waals surface area contributed by atoms with Crippen molar-refractivity contribution in [2.75, 3.05) is 11.9 Å². The zero-order chi connectivity index (χ0) is 20.9. The minimum absolute atomic E-state index is 0.160. The highest BCUT2D eigenvalue weighted by atomic mass is 32.1. The van der Waals surface area contributed by atoms with Gasteiger partial charge in [-0.1, -0.05) is 18.3 Å². The molecule has 2 heterocycles. The highest BCUT2D eigenvalue weighted by Gasteiger charge is 2.08. The SMILES string of the molecule is CCOc1ccc(Oc2ccc(NCc3cc(=O)n4nc(CC)sc4n3)cc2)cc1. The molecule has 0 spiro atoms. The molecule has 4 aromatic rings. The largest absolute Gasteiger partial charge is 0.494 e. The number of rotatable bonds is 8. The Morgan fingerprint density at radius 1 is 1.00 bits per heavy atom. The summed E-state index contributed by atoms with van der Waals surface area (Å²) >= 11 is 1.44. The third kappa shape index (κ3) is 4.60. The number of benzene rings is 2. The average Bonchev–Trinajstić information content (AvgIpc) is 3.19. The molecule has 8 heteroatoms. The maximum atomic E-state index is 12.2. The average molecular weight is 423 g/mol. The molecule has 0 aliphatic rings. The molecule has 0 bridgehead atoms. The number of aromatic nitrogens is 3. The molecule has 0 fully saturated rings. The van der Waals surface area contributed by atoms with Gasteiger partial charge in [-0.15, -0.1) is 0 Å². The van der Waals surface area contributed by atoms with Crippen molar-refractivity contribution in [2.45, 2.75) is 26.8 Å². The van der Waals surface area contributed by atoms with Gasteiger partial charge in [-0.25, -0.2) is 4.98 Å². The first-order chi connectivity index (χ1) is 14.6. The predicted molar refractivity (Wildman–Crippen MR) is 118 cm³/mol. The number of ether oxygens (including phenoxy) is 2. The first-order valence-corrected chi connectivity index (χ1v) is 10.6. The van der Waals surface area contributed by atoms with Gasteiger partial charge in [-0.3, -0.25) is 4.79 Å². The van der Waals surface area contributed by atoms with Crippen LogP contribution in [-0.2, 0) is 13.0 Å². The van der Waals surface area contributed by atoms with E-state index in [1.807, 2.05) is 62.4 Å². The molecule has 1 N–H and O–H groups in total. The maximum Gasteiger partial charge on any atom is 0.275 e. The van der Waals surface area contributed by atoms with Crippen molar-refractivity contribution in [3.8, 4) is 17.2 Å². The van der Waals surface area contributed by atoms with Crippen LogP contribution in [0, 0.1) is 0 Å². The van der Waals surface area contributed by atoms with Gasteiger partial charge in [0.2, 0.25) is 4.96 Å². The maximum absolute atomic E-state index is 12.2. The topological polar surface area (TPSA) is 77.8 Å². The number of nitrogens with zero attached hydrogens (tertiary/aromatic N) is 3. The van der Waals surface area contributed by atoms with Gasteiger partial charge in [0.05, 0.1) is 18.8 Å². The first-order valence-electron chi connectivity index (χ1n) is 9.78. The van der Waals surface area contributed by atoms with Gasteiger partial charge in [0.15, 0.2) is 0 Å². The number of nitrogens with one attached hydrogen (secondary N) is 1. The molecule has 0 unspecified atom stereocenters. The third-order valence-electron chi connectivity index (χ3n) is 4.34. The summed E-state index contributed by atoms with van der Waals surface area (Å²) in [6.07, 6.45) is 0.784. The predicted octanol–water partition coefficient (Wildman–Crippen LogP) is 4.52. The molecule has 4 rings (SSSR count). The molecule has 0 radical (unpaired) electrons. The molecule has 7 nitrogen and oxygen atoms in total. The summed E-state index contributed by atoms with van der Waals surface area (Å²) in [5, 5.41) is 8.45. The molecular weight excluding hydrogens is 400 g/mol. The van der Waals surface area contributed by atoms with Crippen molar-refractivity contribution in [2.24, 2.45) is 0 Å². The van der Waals surface area contributed by atoms with Gasteiger partial charge in [0, 0.05) is 11.8 Å². The third-order valence-corrected chi connectivity index (χ3v) is 5.39. The minimum Gasteiger partial charge on any atom is -0.494 e. The number of fused-ring (bicyclic) bond motifs is 1. The van der Waals surface area contributed by atoms with E-state index in [0.29, 0.717) is 23.8 Å². The lowest BCUT2D eigenvalue weighted by Crippen LogP contribution is -2.16. The number of hydrogen-bond acceptors (Lipinski definition) is 7. The molecule has 2 aromatic heterocycles. The number of anilines is 1. The van der Waals surface area contributed by atoms with Crippen LogP contribution in [0.1, 0.15) is 24.5 Å². The van der Waals surface area contributed by atoms with Crippen LogP contribution in [0.25, 0.3) is 4.96 Å². The lowest BCUT2D eigenvalue weighted by Gasteiger charge is -2.09. The molecular formula is C22H22N4O3S. The zero-order valence-corrected chi connectivity index (χ0v) is 17.6. The normalized spacial score (nSPS) is 10.9. The van der Waals surface area contributed by atoms with Crippen LogP contribution in [0.2, 0.25) is 0 Å². The Morgan fingerprint density at radius 2 is 1.67 bits per heavy atom. The fraction of sp³-hybridized carbons (Fsp3) is 0.227. The Balaban J connectivity index is 1.39. The van der Waals surface area contributed by atoms with E-state index in [-0.39, 0.29) is 5.56 Å². The van der Waals surface area contributed by atoms with E-state index in [9.17, 15) is 4.79 Å². The molecule has 0 atom stereocenters. The number of hydrogen-bond donors (Lipinski definition) is 1. The van der Waals surface area contributed by atoms with E-state index in [0.717, 1.165) is 34.4 Å². The van der Waals surface area contributed by atoms with Gasteiger partial charge in [-0.2, -0.15) is 9.61 Å². The lowest BCUT2D eigenvalue weighted by molar-refractivity contribution is 0.339. The minimum atomic E-state index is -0.160. The van der Waals surface area contributed by atoms with E-state index in [1.165, 1.54) is 21.9 Å². The van der Waals surface area contributed by atoms with Gasteiger partial charge in [0.1, 0.15) is 22.3 Å². The van der Waals surface area contributed by atoms with Crippen LogP contribution in [0.4, 0.5) is 5.69 Å². The summed E-state index contributed by atoms with van der Waals surface area (Å²) in [6.45, 7) is 5.05. The molecule has 154 valence electrons. The summed E-state index contributed by atoms with van der Waals surface area (Å²) < 4.78 is 12.7. The van der Waals surface area contributed by atoms with Crippen molar-refractivity contribution in [1.29, 1.82) is 0 Å². The Morgan fingerprint density at radius 3 is 2.33 bits per heavy atom. The summed E-state index contributed by atoms with van der Waals surface area (Å²) in [7, 11) is 0. The van der Waals surface area contributed by atoms with Crippen molar-refractivity contribution >= 4 is 22.0 Å². The van der Waals surface area contributed by atoms with E-state index in [1.54, 1.807) is 0 Å². The van der Waals surface area contributed by atoms with Gasteiger partial charge < -0.3 is 14.8 Å². The van der Waals surface area contributed by atoms with Crippen molar-refractivity contribution < 1.29 is 9.47 Å². The lowest BCUT2D eigenvalue weighted by atomic mass is 10.3. The van der Waals surface area contributed by atoms with Gasteiger partial charge >= 0.3 is 0 Å². The molecule has 0 amide bonds. The first kappa shape index (κ1) is 19.9. The van der Waals surface area contributed by atoms with Crippen molar-refractivity contribution in [1.82, 2.24) is 14.6 Å². The van der Waals surface area contributed by atoms with Crippen molar-refractivity contribution in [3.63, 3.8) is 0 Å². The van der Waals surface area contributed by atoms with Crippen LogP contribution < -0.4 is 20.3 Å². The smallest absolute Gasteiger partial charge is 0.275 e. The molecule has 0 aliphatic heterocycles. The van der Waals surface area contributed by atoms with E-state index in [4.69, 9.17) is 9.47 Å². The van der Waals surface area contributed by atoms with E-state index >= 15 is 0 Å². The van der Waals surface area contributed by atoms with Crippen molar-refractivity contribution in [3.05, 3.63) is 75.7 Å². The fourth-order valence-corrected chi connectivity index (χ4v) is 3.73.